The number of aliphatic carboxylic acids is 1. The number of allylic oxidation sites excluding steroid dienone is 1. The Morgan fingerprint density at radius 1 is 0.796 bits per heavy atom. The number of unbranched alkanes of at least 4 members (excludes halogenated alkanes) is 1. The zero-order chi connectivity index (χ0) is 67.7. The molecule has 28 heteroatoms. The van der Waals surface area contributed by atoms with E-state index in [0.717, 1.165) is 25.2 Å². The van der Waals surface area contributed by atoms with E-state index in [-0.39, 0.29) is 68.4 Å². The van der Waals surface area contributed by atoms with E-state index in [4.69, 9.17) is 14.0 Å². The molecule has 0 radical (unpaired) electrons. The molecule has 2 aromatic carbocycles. The number of amides is 3. The number of hydrogen-bond donors (Lipinski definition) is 10. The van der Waals surface area contributed by atoms with Crippen molar-refractivity contribution in [3.63, 3.8) is 0 Å². The molecule has 10 N–H and O–H groups in total. The highest BCUT2D eigenvalue weighted by molar-refractivity contribution is 7.47. The van der Waals surface area contributed by atoms with Crippen LogP contribution in [0.2, 0.25) is 0 Å². The van der Waals surface area contributed by atoms with Crippen LogP contribution in [-0.2, 0) is 55.4 Å². The molecule has 0 bridgehead atoms. The van der Waals surface area contributed by atoms with E-state index in [2.05, 4.69) is 61.2 Å². The first kappa shape index (κ1) is 72.5. The molecule has 4 aliphatic carbocycles. The van der Waals surface area contributed by atoms with Gasteiger partial charge in [0.05, 0.1) is 18.3 Å². The van der Waals surface area contributed by atoms with Gasteiger partial charge in [0, 0.05) is 51.0 Å². The van der Waals surface area contributed by atoms with Gasteiger partial charge in [-0.05, 0) is 146 Å². The van der Waals surface area contributed by atoms with E-state index in [1.807, 2.05) is 0 Å². The van der Waals surface area contributed by atoms with Gasteiger partial charge in [-0.2, -0.15) is 4.39 Å². The Hall–Kier alpha value is -6.37. The fourth-order valence-corrected chi connectivity index (χ4v) is 16.4. The third-order valence-electron chi connectivity index (χ3n) is 20.4. The smallest absolute Gasteiger partial charge is 0.480 e. The van der Waals surface area contributed by atoms with Crippen LogP contribution in [0.15, 0.2) is 76.0 Å². The van der Waals surface area contributed by atoms with Crippen molar-refractivity contribution in [1.82, 2.24) is 25.5 Å². The number of Topliss-reactive ketones (excluding diaryl/α,β-unsaturated/α-hetero) is 2. The number of nitrogens with one attached hydrogen (secondary N) is 4. The summed E-state index contributed by atoms with van der Waals surface area (Å²) >= 11 is 0. The maximum Gasteiger partial charge on any atom is 0.524 e. The minimum absolute atomic E-state index is 0.00874. The van der Waals surface area contributed by atoms with E-state index >= 15 is 0 Å². The molecule has 0 spiro atoms. The Bertz CT molecular complexity index is 3420. The first-order valence-electron chi connectivity index (χ1n) is 32.3. The molecule has 7 unspecified atom stereocenters. The predicted octanol–water partition coefficient (Wildman–Crippen LogP) is 8.04. The highest BCUT2D eigenvalue weighted by Crippen LogP contribution is 2.67. The molecule has 2 heterocycles. The van der Waals surface area contributed by atoms with Gasteiger partial charge in [0.1, 0.15) is 36.0 Å². The Labute approximate surface area is 539 Å². The number of aliphatic hydroxyl groups is 1. The molecule has 3 amide bonds. The lowest BCUT2D eigenvalue weighted by molar-refractivity contribution is -0.142. The molecular weight excluding hydrogens is 1250 g/mol. The molecule has 14 atom stereocenters. The van der Waals surface area contributed by atoms with Crippen LogP contribution >= 0.6 is 15.6 Å². The lowest BCUT2D eigenvalue weighted by atomic mass is 9.47. The standard InChI is InChI=1S/C65H90FN5O20P2/c1-37(2)9-8-10-38(3)47-22-23-48-46-21-16-42-34-45(26-28-64(42,4)49(46)27-29-65(47,48)5)88-63(81)69-51(31-39-12-17-43(18-13-39)90-92(82,83)84)54(73)33-41(59(76)68-52(61(78)79)32-40-14-19-44(20-15-40)91-93(85,86)87)11-6-7-30-67-56(75)25-24-53(72)58-55(74)35-57(89-58)71-36-50(66)60(77)70-62(71)80/h12-20,36-38,41,45-49,51-52,55,57-58,74H,6-11,21-35H2,1-5H3,(H,67,75)(H,68,76)(H,69,81)(H,78,79)(H,70,77,80)(H2,82,83,84)(H2,85,86,87)/t38-,41+,45?,46+,47?,48+,49+,51?,52?,55?,57?,58?,64+,65-/m1/s1. The number of H-pyrrole nitrogens is 1. The second kappa shape index (κ2) is 31.0. The van der Waals surface area contributed by atoms with Crippen LogP contribution in [0.5, 0.6) is 11.5 Å². The van der Waals surface area contributed by atoms with E-state index in [0.29, 0.717) is 69.7 Å². The Kier molecular flexibility index (Phi) is 24.2. The number of halogens is 1. The molecular formula is C65H90FN5O20P2. The van der Waals surface area contributed by atoms with Crippen LogP contribution < -0.4 is 36.2 Å². The van der Waals surface area contributed by atoms with Crippen LogP contribution in [0.4, 0.5) is 9.18 Å². The number of alkyl carbamates (subject to hydrolysis) is 1. The molecule has 25 nitrogen and oxygen atoms in total. The lowest BCUT2D eigenvalue weighted by Gasteiger charge is -2.58. The minimum atomic E-state index is -4.94. The summed E-state index contributed by atoms with van der Waals surface area (Å²) in [6, 6.07) is 7.59. The van der Waals surface area contributed by atoms with Crippen molar-refractivity contribution in [2.24, 2.45) is 52.3 Å². The number of carboxylic acids is 1. The predicted molar refractivity (Wildman–Crippen MR) is 335 cm³/mol. The molecule has 4 fully saturated rings. The summed E-state index contributed by atoms with van der Waals surface area (Å²) in [5.41, 5.74) is -0.0134. The average Bonchev–Trinajstić information content (AvgIpc) is 1.70. The minimum Gasteiger partial charge on any atom is -0.480 e. The number of rotatable bonds is 31. The van der Waals surface area contributed by atoms with Crippen molar-refractivity contribution in [1.29, 1.82) is 0 Å². The molecule has 8 rings (SSSR count). The summed E-state index contributed by atoms with van der Waals surface area (Å²) in [5.74, 6) is -3.31. The summed E-state index contributed by atoms with van der Waals surface area (Å²) in [7, 11) is -9.86. The SMILES string of the molecule is CC(C)CCC[C@@H](C)C1CC[C@H]2[C@@H]3CC=C4CC(OC(=O)NC(Cc5ccc(OP(=O)(O)O)cc5)C(=O)C[C@H](CCCCNC(=O)CCC(=O)C5OC(n6cc(F)c(=O)[nH]c6=O)CC5O)C(=O)NC(Cc5ccc(OP(=O)(O)O)cc5)C(=O)O)CC[C@]4(C)[C@H]3CC[C@]12C. The number of hydrogen-bond acceptors (Lipinski definition) is 15. The number of aromatic nitrogens is 2. The van der Waals surface area contributed by atoms with E-state index in [1.54, 1.807) is 4.98 Å². The lowest BCUT2D eigenvalue weighted by Crippen LogP contribution is -2.51. The maximum absolute atomic E-state index is 14.8. The third-order valence-corrected chi connectivity index (χ3v) is 21.3. The third kappa shape index (κ3) is 19.2. The number of benzene rings is 2. The first-order valence-corrected chi connectivity index (χ1v) is 35.4. The zero-order valence-electron chi connectivity index (χ0n) is 53.2. The number of ether oxygens (including phenoxy) is 2. The van der Waals surface area contributed by atoms with Crippen LogP contribution in [-0.4, -0.2) is 112 Å². The number of ketones is 2. The maximum atomic E-state index is 14.8. The number of fused-ring (bicyclic) bond motifs is 5. The first-order chi connectivity index (χ1) is 43.8. The zero-order valence-corrected chi connectivity index (χ0v) is 55.0. The van der Waals surface area contributed by atoms with Crippen molar-refractivity contribution in [3.05, 3.63) is 104 Å². The average molecular weight is 1340 g/mol. The molecule has 512 valence electrons. The van der Waals surface area contributed by atoms with Gasteiger partial charge in [0.15, 0.2) is 11.6 Å². The van der Waals surface area contributed by atoms with Crippen LogP contribution in [0.1, 0.15) is 168 Å². The van der Waals surface area contributed by atoms with Crippen molar-refractivity contribution < 1.29 is 90.6 Å². The largest absolute Gasteiger partial charge is 0.524 e. The van der Waals surface area contributed by atoms with Crippen molar-refractivity contribution in [3.8, 4) is 11.5 Å². The summed E-state index contributed by atoms with van der Waals surface area (Å²) in [6.07, 6.45) is 7.20. The molecule has 93 heavy (non-hydrogen) atoms. The van der Waals surface area contributed by atoms with Gasteiger partial charge in [-0.25, -0.2) is 23.5 Å². The van der Waals surface area contributed by atoms with E-state index < -0.39 is 124 Å². The van der Waals surface area contributed by atoms with Gasteiger partial charge >= 0.3 is 33.4 Å². The number of carbonyl (C=O) groups is 6. The summed E-state index contributed by atoms with van der Waals surface area (Å²) in [5, 5.41) is 28.8. The van der Waals surface area contributed by atoms with Crippen molar-refractivity contribution >= 4 is 51.1 Å². The van der Waals surface area contributed by atoms with E-state index in [1.165, 1.54) is 92.6 Å². The molecule has 3 aromatic rings. The van der Waals surface area contributed by atoms with Crippen LogP contribution in [0.3, 0.4) is 0 Å². The van der Waals surface area contributed by atoms with Crippen molar-refractivity contribution in [2.75, 3.05) is 6.54 Å². The molecule has 3 saturated carbocycles. The monoisotopic (exact) mass is 1340 g/mol. The highest BCUT2D eigenvalue weighted by atomic mass is 31.2. The van der Waals surface area contributed by atoms with E-state index in [9.17, 15) is 81.7 Å². The Morgan fingerprint density at radius 3 is 2.06 bits per heavy atom. The van der Waals surface area contributed by atoms with Crippen LogP contribution in [0, 0.1) is 58.1 Å². The Balaban J connectivity index is 0.931. The number of phosphoric acid groups is 2. The second-order valence-electron chi connectivity index (χ2n) is 27.2. The van der Waals surface area contributed by atoms with Gasteiger partial charge in [-0.3, -0.25) is 53.1 Å². The number of aromatic amines is 1. The number of carbonyl (C=O) groups excluding carboxylic acids is 5. The number of nitrogens with zero attached hydrogens (tertiary/aromatic N) is 1. The summed E-state index contributed by atoms with van der Waals surface area (Å²) < 4.78 is 58.7. The molecule has 1 aliphatic heterocycles. The molecule has 1 aromatic heterocycles. The number of phosphoric ester groups is 2. The summed E-state index contributed by atoms with van der Waals surface area (Å²) in [6.45, 7) is 12.0. The Morgan fingerprint density at radius 2 is 1.44 bits per heavy atom. The van der Waals surface area contributed by atoms with Crippen molar-refractivity contribution in [2.45, 2.75) is 200 Å². The highest BCUT2D eigenvalue weighted by Gasteiger charge is 2.59. The van der Waals surface area contributed by atoms with Gasteiger partial charge in [0.2, 0.25) is 17.6 Å². The fraction of sp³-hybridized carbons (Fsp3) is 0.631. The topological polar surface area (TPSA) is 386 Å². The number of aliphatic hydroxyl groups excluding tert-OH is 1. The molecule has 5 aliphatic rings. The quantitative estimate of drug-likeness (QED) is 0.0165. The number of carboxylic acid groups (broad SMARTS) is 1. The normalized spacial score (nSPS) is 26.4. The van der Waals surface area contributed by atoms with Gasteiger partial charge < -0.3 is 44.7 Å². The fourth-order valence-electron chi connectivity index (χ4n) is 15.6. The van der Waals surface area contributed by atoms with Gasteiger partial charge in [-0.1, -0.05) is 96.2 Å². The van der Waals surface area contributed by atoms with Crippen LogP contribution in [0.25, 0.3) is 0 Å². The second-order valence-corrected chi connectivity index (χ2v) is 29.5. The van der Waals surface area contributed by atoms with Gasteiger partial charge in [0.25, 0.3) is 5.56 Å². The molecule has 1 saturated heterocycles. The summed E-state index contributed by atoms with van der Waals surface area (Å²) in [4.78, 5) is 145. The van der Waals surface area contributed by atoms with Gasteiger partial charge in [-0.15, -0.1) is 0 Å².